The first-order valence-corrected chi connectivity index (χ1v) is 8.17. The maximum absolute atomic E-state index is 12.1. The van der Waals surface area contributed by atoms with Gasteiger partial charge in [-0.05, 0) is 12.5 Å². The van der Waals surface area contributed by atoms with Gasteiger partial charge in [-0.2, -0.15) is 4.98 Å². The van der Waals surface area contributed by atoms with Crippen molar-refractivity contribution in [2.45, 2.75) is 30.6 Å². The van der Waals surface area contributed by atoms with Crippen molar-refractivity contribution in [1.82, 2.24) is 9.55 Å². The number of rotatable bonds is 7. The van der Waals surface area contributed by atoms with E-state index in [0.717, 1.165) is 19.4 Å². The Labute approximate surface area is 129 Å². The zero-order chi connectivity index (χ0) is 15.2. The third-order valence-electron chi connectivity index (χ3n) is 3.21. The molecular formula is C14H23N3O3S. The third kappa shape index (κ3) is 4.46. The summed E-state index contributed by atoms with van der Waals surface area (Å²) >= 11 is 1.61. The van der Waals surface area contributed by atoms with Gasteiger partial charge in [0.05, 0.1) is 13.2 Å². The molecule has 6 nitrogen and oxygen atoms in total. The topological polar surface area (TPSA) is 56.6 Å². The summed E-state index contributed by atoms with van der Waals surface area (Å²) in [5, 5.41) is -0.0269. The Balaban J connectivity index is 1.90. The van der Waals surface area contributed by atoms with E-state index in [1.165, 1.54) is 0 Å². The molecule has 1 saturated heterocycles. The fourth-order valence-corrected chi connectivity index (χ4v) is 3.11. The highest BCUT2D eigenvalue weighted by Crippen LogP contribution is 2.34. The molecule has 0 radical (unpaired) electrons. The second kappa shape index (κ2) is 7.82. The summed E-state index contributed by atoms with van der Waals surface area (Å²) in [4.78, 5) is 17.9. The molecule has 1 aliphatic heterocycles. The first-order chi connectivity index (χ1) is 10.1. The molecule has 2 atom stereocenters. The standard InChI is InChI=1S/C14H23N3O3S/c1-4-5-8-19-10-13-20-9-12(21-13)17-7-6-11(16(2)3)15-14(17)18/h6-7,12-13H,4-5,8-10H2,1-3H3/t12?,13-/m0/s1. The van der Waals surface area contributed by atoms with E-state index < -0.39 is 0 Å². The molecule has 0 amide bonds. The van der Waals surface area contributed by atoms with E-state index in [1.54, 1.807) is 22.5 Å². The maximum Gasteiger partial charge on any atom is 0.350 e. The molecule has 1 unspecified atom stereocenters. The number of ether oxygens (including phenoxy) is 2. The van der Waals surface area contributed by atoms with E-state index >= 15 is 0 Å². The minimum absolute atomic E-state index is 0.00715. The highest BCUT2D eigenvalue weighted by Gasteiger charge is 2.28. The fraction of sp³-hybridized carbons (Fsp3) is 0.714. The molecule has 1 aliphatic rings. The number of aromatic nitrogens is 2. The summed E-state index contributed by atoms with van der Waals surface area (Å²) in [7, 11) is 3.73. The van der Waals surface area contributed by atoms with E-state index in [0.29, 0.717) is 19.0 Å². The van der Waals surface area contributed by atoms with Crippen molar-refractivity contribution in [2.75, 3.05) is 38.8 Å². The van der Waals surface area contributed by atoms with E-state index in [4.69, 9.17) is 9.47 Å². The van der Waals surface area contributed by atoms with Gasteiger partial charge in [0, 0.05) is 26.9 Å². The Kier molecular flexibility index (Phi) is 6.08. The van der Waals surface area contributed by atoms with Crippen molar-refractivity contribution in [3.63, 3.8) is 0 Å². The van der Waals surface area contributed by atoms with Gasteiger partial charge in [0.2, 0.25) is 0 Å². The lowest BCUT2D eigenvalue weighted by atomic mass is 10.4. The Bertz CT molecular complexity index is 506. The van der Waals surface area contributed by atoms with Crippen LogP contribution in [-0.4, -0.2) is 48.9 Å². The number of hydrogen-bond acceptors (Lipinski definition) is 6. The molecule has 2 rings (SSSR count). The minimum atomic E-state index is -0.241. The molecule has 2 heterocycles. The van der Waals surface area contributed by atoms with Gasteiger partial charge in [0.1, 0.15) is 16.6 Å². The van der Waals surface area contributed by atoms with Crippen LogP contribution in [0.3, 0.4) is 0 Å². The van der Waals surface area contributed by atoms with Crippen molar-refractivity contribution in [3.05, 3.63) is 22.7 Å². The normalized spacial score (nSPS) is 21.7. The molecule has 0 N–H and O–H groups in total. The average molecular weight is 313 g/mol. The quantitative estimate of drug-likeness (QED) is 0.714. The van der Waals surface area contributed by atoms with Gasteiger partial charge in [-0.1, -0.05) is 13.3 Å². The van der Waals surface area contributed by atoms with E-state index in [1.807, 2.05) is 25.1 Å². The number of hydrogen-bond donors (Lipinski definition) is 0. The summed E-state index contributed by atoms with van der Waals surface area (Å²) in [6, 6.07) is 1.84. The van der Waals surface area contributed by atoms with Crippen LogP contribution in [0.25, 0.3) is 0 Å². The molecule has 0 bridgehead atoms. The molecule has 118 valence electrons. The van der Waals surface area contributed by atoms with Crippen LogP contribution < -0.4 is 10.6 Å². The van der Waals surface area contributed by atoms with Gasteiger partial charge < -0.3 is 14.4 Å². The minimum Gasteiger partial charge on any atom is -0.378 e. The molecular weight excluding hydrogens is 290 g/mol. The first kappa shape index (κ1) is 16.3. The lowest BCUT2D eigenvalue weighted by molar-refractivity contribution is 0.0369. The van der Waals surface area contributed by atoms with Crippen molar-refractivity contribution >= 4 is 17.6 Å². The Hall–Kier alpha value is -1.05. The van der Waals surface area contributed by atoms with Crippen LogP contribution in [0.2, 0.25) is 0 Å². The summed E-state index contributed by atoms with van der Waals surface area (Å²) in [5.41, 5.74) is -0.248. The van der Waals surface area contributed by atoms with Crippen molar-refractivity contribution in [1.29, 1.82) is 0 Å². The Morgan fingerprint density at radius 3 is 3.05 bits per heavy atom. The predicted octanol–water partition coefficient (Wildman–Crippen LogP) is 1.71. The van der Waals surface area contributed by atoms with Crippen LogP contribution in [0.1, 0.15) is 25.1 Å². The summed E-state index contributed by atoms with van der Waals surface area (Å²) in [6.07, 6.45) is 3.97. The molecule has 0 spiro atoms. The van der Waals surface area contributed by atoms with Gasteiger partial charge in [-0.25, -0.2) is 4.79 Å². The average Bonchev–Trinajstić information content (AvgIpc) is 2.92. The predicted molar refractivity (Wildman–Crippen MR) is 84.9 cm³/mol. The number of thioether (sulfide) groups is 1. The monoisotopic (exact) mass is 313 g/mol. The number of nitrogens with zero attached hydrogens (tertiary/aromatic N) is 3. The van der Waals surface area contributed by atoms with Crippen molar-refractivity contribution in [3.8, 4) is 0 Å². The molecule has 0 saturated carbocycles. The molecule has 7 heteroatoms. The maximum atomic E-state index is 12.1. The zero-order valence-electron chi connectivity index (χ0n) is 12.8. The summed E-state index contributed by atoms with van der Waals surface area (Å²) < 4.78 is 12.9. The fourth-order valence-electron chi connectivity index (χ4n) is 1.97. The largest absolute Gasteiger partial charge is 0.378 e. The van der Waals surface area contributed by atoms with Crippen LogP contribution in [0.4, 0.5) is 5.82 Å². The van der Waals surface area contributed by atoms with E-state index in [-0.39, 0.29) is 16.5 Å². The molecule has 1 aromatic rings. The van der Waals surface area contributed by atoms with E-state index in [9.17, 15) is 4.79 Å². The van der Waals surface area contributed by atoms with Crippen molar-refractivity contribution in [2.24, 2.45) is 0 Å². The zero-order valence-corrected chi connectivity index (χ0v) is 13.6. The Morgan fingerprint density at radius 1 is 1.57 bits per heavy atom. The molecule has 1 aromatic heterocycles. The molecule has 0 aliphatic carbocycles. The van der Waals surface area contributed by atoms with Gasteiger partial charge >= 0.3 is 5.69 Å². The lowest BCUT2D eigenvalue weighted by Gasteiger charge is -2.15. The van der Waals surface area contributed by atoms with Crippen molar-refractivity contribution < 1.29 is 9.47 Å². The van der Waals surface area contributed by atoms with Crippen LogP contribution in [0.5, 0.6) is 0 Å². The highest BCUT2D eigenvalue weighted by molar-refractivity contribution is 8.00. The number of anilines is 1. The molecule has 21 heavy (non-hydrogen) atoms. The van der Waals surface area contributed by atoms with Gasteiger partial charge in [0.25, 0.3) is 0 Å². The summed E-state index contributed by atoms with van der Waals surface area (Å²) in [5.74, 6) is 0.666. The molecule has 0 aromatic carbocycles. The van der Waals surface area contributed by atoms with Crippen LogP contribution in [0.15, 0.2) is 17.1 Å². The smallest absolute Gasteiger partial charge is 0.350 e. The van der Waals surface area contributed by atoms with Gasteiger partial charge in [-0.3, -0.25) is 4.57 Å². The highest BCUT2D eigenvalue weighted by atomic mass is 32.2. The second-order valence-corrected chi connectivity index (χ2v) is 6.49. The van der Waals surface area contributed by atoms with Crippen LogP contribution >= 0.6 is 11.8 Å². The first-order valence-electron chi connectivity index (χ1n) is 7.23. The number of unbranched alkanes of at least 4 members (excludes halogenated alkanes) is 1. The SMILES string of the molecule is CCCCOC[C@H]1OCC(n2ccc(N(C)C)nc2=O)S1. The van der Waals surface area contributed by atoms with E-state index in [2.05, 4.69) is 11.9 Å². The second-order valence-electron chi connectivity index (χ2n) is 5.15. The summed E-state index contributed by atoms with van der Waals surface area (Å²) in [6.45, 7) is 3.98. The third-order valence-corrected chi connectivity index (χ3v) is 4.47. The van der Waals surface area contributed by atoms with Crippen LogP contribution in [0, 0.1) is 0 Å². The Morgan fingerprint density at radius 2 is 2.38 bits per heavy atom. The lowest BCUT2D eigenvalue weighted by Crippen LogP contribution is -2.27. The van der Waals surface area contributed by atoms with Gasteiger partial charge in [-0.15, -0.1) is 11.8 Å². The van der Waals surface area contributed by atoms with Crippen LogP contribution in [-0.2, 0) is 9.47 Å². The van der Waals surface area contributed by atoms with Gasteiger partial charge in [0.15, 0.2) is 0 Å². The molecule has 1 fully saturated rings.